The molecule has 0 aromatic rings. The molecule has 2 rings (SSSR count). The van der Waals surface area contributed by atoms with E-state index in [-0.39, 0.29) is 5.25 Å². The molecule has 1 saturated heterocycles. The summed E-state index contributed by atoms with van der Waals surface area (Å²) < 4.78 is 22.0. The third-order valence-corrected chi connectivity index (χ3v) is 4.66. The normalized spacial score (nSPS) is 35.5. The summed E-state index contributed by atoms with van der Waals surface area (Å²) >= 11 is 5.69. The summed E-state index contributed by atoms with van der Waals surface area (Å²) in [7, 11) is -2.84. The molecular weight excluding hydrogens is 172 g/mol. The summed E-state index contributed by atoms with van der Waals surface area (Å²) in [5.74, 6) is 0. The molecule has 2 aliphatic rings. The molecule has 1 aliphatic heterocycles. The van der Waals surface area contributed by atoms with E-state index in [1.807, 2.05) is 0 Å². The zero-order valence-electron chi connectivity index (χ0n) is 5.30. The number of hydrogen-bond acceptors (Lipinski definition) is 2. The van der Waals surface area contributed by atoms with Gasteiger partial charge in [0, 0.05) is 5.03 Å². The highest BCUT2D eigenvalue weighted by atomic mass is 35.5. The first-order valence-corrected chi connectivity index (χ1v) is 5.19. The summed E-state index contributed by atoms with van der Waals surface area (Å²) in [6.45, 7) is 0. The van der Waals surface area contributed by atoms with Gasteiger partial charge in [-0.25, -0.2) is 8.42 Å². The van der Waals surface area contributed by atoms with Crippen molar-refractivity contribution in [2.45, 2.75) is 24.5 Å². The standard InChI is InChI=1S/C6H7ClO2S/c7-4-2-1-3-5-6(4)10(5,8)9/h5H,1-3H2. The number of rotatable bonds is 0. The van der Waals surface area contributed by atoms with Crippen LogP contribution in [0.15, 0.2) is 9.94 Å². The summed E-state index contributed by atoms with van der Waals surface area (Å²) in [6.07, 6.45) is 2.47. The summed E-state index contributed by atoms with van der Waals surface area (Å²) in [5.41, 5.74) is 0. The maximum Gasteiger partial charge on any atom is 0.184 e. The molecule has 1 unspecified atom stereocenters. The molecule has 0 aromatic heterocycles. The Bertz CT molecular complexity index is 302. The highest BCUT2D eigenvalue weighted by molar-refractivity contribution is 8.04. The second kappa shape index (κ2) is 1.77. The Labute approximate surface area is 64.8 Å². The molecule has 1 aliphatic carbocycles. The fourth-order valence-electron chi connectivity index (χ4n) is 1.46. The van der Waals surface area contributed by atoms with Crippen LogP contribution >= 0.6 is 11.6 Å². The van der Waals surface area contributed by atoms with Crippen molar-refractivity contribution in [3.63, 3.8) is 0 Å². The van der Waals surface area contributed by atoms with Gasteiger partial charge in [-0.1, -0.05) is 11.6 Å². The molecule has 2 nitrogen and oxygen atoms in total. The van der Waals surface area contributed by atoms with E-state index in [2.05, 4.69) is 0 Å². The van der Waals surface area contributed by atoms with Gasteiger partial charge in [-0.05, 0) is 19.3 Å². The van der Waals surface area contributed by atoms with E-state index in [1.54, 1.807) is 0 Å². The van der Waals surface area contributed by atoms with Crippen LogP contribution in [0, 0.1) is 0 Å². The molecule has 0 amide bonds. The van der Waals surface area contributed by atoms with Gasteiger partial charge in [0.25, 0.3) is 0 Å². The summed E-state index contributed by atoms with van der Waals surface area (Å²) in [5, 5.41) is 0.394. The van der Waals surface area contributed by atoms with Crippen LogP contribution in [0.2, 0.25) is 0 Å². The van der Waals surface area contributed by atoms with Crippen LogP contribution < -0.4 is 0 Å². The van der Waals surface area contributed by atoms with Gasteiger partial charge in [0.05, 0.1) is 4.91 Å². The van der Waals surface area contributed by atoms with Gasteiger partial charge in [-0.2, -0.15) is 0 Å². The van der Waals surface area contributed by atoms with Crippen LogP contribution in [0.5, 0.6) is 0 Å². The number of fused-ring (bicyclic) bond motifs is 1. The van der Waals surface area contributed by atoms with Crippen molar-refractivity contribution >= 4 is 21.4 Å². The molecule has 1 atom stereocenters. The van der Waals surface area contributed by atoms with Crippen LogP contribution in [0.25, 0.3) is 0 Å². The molecule has 0 N–H and O–H groups in total. The van der Waals surface area contributed by atoms with E-state index in [9.17, 15) is 8.42 Å². The minimum atomic E-state index is -2.84. The number of halogens is 1. The van der Waals surface area contributed by atoms with Gasteiger partial charge in [0.1, 0.15) is 5.25 Å². The van der Waals surface area contributed by atoms with E-state index in [0.29, 0.717) is 9.94 Å². The second-order valence-corrected chi connectivity index (χ2v) is 5.25. The predicted molar refractivity (Wildman–Crippen MR) is 39.4 cm³/mol. The lowest BCUT2D eigenvalue weighted by atomic mass is 10.1. The number of hydrogen-bond donors (Lipinski definition) is 0. The SMILES string of the molecule is O=S1(=O)C2=C(Cl)CCCC21. The van der Waals surface area contributed by atoms with E-state index >= 15 is 0 Å². The van der Waals surface area contributed by atoms with E-state index in [1.165, 1.54) is 0 Å². The van der Waals surface area contributed by atoms with E-state index in [4.69, 9.17) is 11.6 Å². The Morgan fingerprint density at radius 1 is 1.50 bits per heavy atom. The van der Waals surface area contributed by atoms with E-state index in [0.717, 1.165) is 19.3 Å². The smallest absolute Gasteiger partial charge is 0.184 e. The van der Waals surface area contributed by atoms with Crippen molar-refractivity contribution in [2.24, 2.45) is 0 Å². The first-order valence-electron chi connectivity index (χ1n) is 3.26. The van der Waals surface area contributed by atoms with Gasteiger partial charge >= 0.3 is 0 Å². The zero-order valence-corrected chi connectivity index (χ0v) is 6.87. The maximum atomic E-state index is 11.0. The van der Waals surface area contributed by atoms with E-state index < -0.39 is 9.84 Å². The molecular formula is C6H7ClO2S. The molecule has 0 aromatic carbocycles. The Morgan fingerprint density at radius 3 is 2.70 bits per heavy atom. The molecule has 0 spiro atoms. The summed E-state index contributed by atoms with van der Waals surface area (Å²) in [4.78, 5) is 0.528. The topological polar surface area (TPSA) is 34.1 Å². The Kier molecular flexibility index (Phi) is 1.18. The van der Waals surface area contributed by atoms with Crippen molar-refractivity contribution < 1.29 is 8.42 Å². The highest BCUT2D eigenvalue weighted by Gasteiger charge is 2.53. The van der Waals surface area contributed by atoms with Crippen molar-refractivity contribution in [3.05, 3.63) is 9.94 Å². The van der Waals surface area contributed by atoms with Gasteiger partial charge in [0.2, 0.25) is 0 Å². The quantitative estimate of drug-likeness (QED) is 0.526. The minimum Gasteiger partial charge on any atom is -0.223 e. The average molecular weight is 179 g/mol. The molecule has 1 fully saturated rings. The predicted octanol–water partition coefficient (Wildman–Crippen LogP) is 1.42. The lowest BCUT2D eigenvalue weighted by Crippen LogP contribution is -1.91. The summed E-state index contributed by atoms with van der Waals surface area (Å²) in [6, 6.07) is 0. The van der Waals surface area contributed by atoms with Crippen LogP contribution in [0.3, 0.4) is 0 Å². The molecule has 0 saturated carbocycles. The number of allylic oxidation sites excluding steroid dienone is 1. The van der Waals surface area contributed by atoms with Crippen LogP contribution in [-0.2, 0) is 9.84 Å². The van der Waals surface area contributed by atoms with Gasteiger partial charge in [0.15, 0.2) is 9.84 Å². The highest BCUT2D eigenvalue weighted by Crippen LogP contribution is 2.48. The molecule has 0 radical (unpaired) electrons. The second-order valence-electron chi connectivity index (χ2n) is 2.70. The lowest BCUT2D eigenvalue weighted by molar-refractivity contribution is 0.610. The average Bonchev–Trinajstić information content (AvgIpc) is 2.38. The Morgan fingerprint density at radius 2 is 2.20 bits per heavy atom. The third-order valence-electron chi connectivity index (χ3n) is 2.05. The monoisotopic (exact) mass is 178 g/mol. The molecule has 56 valence electrons. The number of sulfone groups is 1. The van der Waals surface area contributed by atoms with Gasteiger partial charge in [-0.15, -0.1) is 0 Å². The molecule has 0 bridgehead atoms. The van der Waals surface area contributed by atoms with Crippen LogP contribution in [0.1, 0.15) is 19.3 Å². The van der Waals surface area contributed by atoms with Crippen LogP contribution in [-0.4, -0.2) is 13.7 Å². The fourth-order valence-corrected chi connectivity index (χ4v) is 4.04. The van der Waals surface area contributed by atoms with Gasteiger partial charge < -0.3 is 0 Å². The van der Waals surface area contributed by atoms with Crippen LogP contribution in [0.4, 0.5) is 0 Å². The molecule has 4 heteroatoms. The van der Waals surface area contributed by atoms with Crippen molar-refractivity contribution in [2.75, 3.05) is 0 Å². The van der Waals surface area contributed by atoms with Gasteiger partial charge in [-0.3, -0.25) is 0 Å². The zero-order chi connectivity index (χ0) is 7.35. The first-order chi connectivity index (χ1) is 4.64. The molecule has 1 heterocycles. The third kappa shape index (κ3) is 0.676. The van der Waals surface area contributed by atoms with Crippen molar-refractivity contribution in [1.29, 1.82) is 0 Å². The fraction of sp³-hybridized carbons (Fsp3) is 0.667. The maximum absolute atomic E-state index is 11.0. The van der Waals surface area contributed by atoms with Crippen molar-refractivity contribution in [1.82, 2.24) is 0 Å². The largest absolute Gasteiger partial charge is 0.223 e. The lowest BCUT2D eigenvalue weighted by Gasteiger charge is -1.99. The molecule has 10 heavy (non-hydrogen) atoms. The Hall–Kier alpha value is -0.0200. The van der Waals surface area contributed by atoms with Crippen molar-refractivity contribution in [3.8, 4) is 0 Å². The minimum absolute atomic E-state index is 0.186. The first kappa shape index (κ1) is 6.68. The Balaban J connectivity index is 2.53.